The normalized spacial score (nSPS) is 14.1. The minimum Gasteiger partial charge on any atom is -0.352 e. The van der Waals surface area contributed by atoms with E-state index in [0.29, 0.717) is 23.0 Å². The van der Waals surface area contributed by atoms with E-state index in [-0.39, 0.29) is 29.2 Å². The largest absolute Gasteiger partial charge is 0.352 e. The number of hydrogen-bond acceptors (Lipinski definition) is 5. The summed E-state index contributed by atoms with van der Waals surface area (Å²) in [7, 11) is 1.78. The van der Waals surface area contributed by atoms with Gasteiger partial charge in [-0.25, -0.2) is 9.97 Å². The average Bonchev–Trinajstić information content (AvgIpc) is 3.21. The van der Waals surface area contributed by atoms with Gasteiger partial charge in [-0.15, -0.1) is 0 Å². The van der Waals surface area contributed by atoms with Gasteiger partial charge in [-0.05, 0) is 44.0 Å². The molecule has 2 heterocycles. The Balaban J connectivity index is 1.67. The number of carbonyl (C=O) groups excluding carboxylic acids is 3. The SMILES string of the molecule is CCNC(=O)c1c(NC(=O)c2ccncn2)[nH]c2cc(N(C)C(=O)C3CCCCC3)ccc12. The molecule has 33 heavy (non-hydrogen) atoms. The molecule has 0 aliphatic heterocycles. The number of hydrogen-bond donors (Lipinski definition) is 3. The standard InChI is InChI=1S/C24H28N6O3/c1-3-26-23(32)20-17-10-9-16(30(2)24(33)15-7-5-4-6-8-15)13-19(17)28-21(20)29-22(31)18-11-12-25-14-27-18/h9-15,28H,3-8H2,1-2H3,(H,26,32)(H,29,31). The van der Waals surface area contributed by atoms with Crippen LogP contribution >= 0.6 is 0 Å². The van der Waals surface area contributed by atoms with Crippen molar-refractivity contribution in [2.45, 2.75) is 39.0 Å². The molecule has 1 aliphatic carbocycles. The summed E-state index contributed by atoms with van der Waals surface area (Å²) in [4.78, 5) is 51.1. The molecule has 0 radical (unpaired) electrons. The van der Waals surface area contributed by atoms with E-state index in [9.17, 15) is 14.4 Å². The first-order chi connectivity index (χ1) is 16.0. The Morgan fingerprint density at radius 1 is 1.12 bits per heavy atom. The molecule has 3 N–H and O–H groups in total. The van der Waals surface area contributed by atoms with Crippen molar-refractivity contribution in [1.82, 2.24) is 20.3 Å². The van der Waals surface area contributed by atoms with Gasteiger partial charge in [-0.1, -0.05) is 19.3 Å². The molecule has 1 fully saturated rings. The topological polar surface area (TPSA) is 120 Å². The smallest absolute Gasteiger partial charge is 0.275 e. The molecule has 9 nitrogen and oxygen atoms in total. The van der Waals surface area contributed by atoms with Gasteiger partial charge in [-0.2, -0.15) is 0 Å². The summed E-state index contributed by atoms with van der Waals surface area (Å²) in [6.45, 7) is 2.28. The van der Waals surface area contributed by atoms with Crippen LogP contribution in [0.1, 0.15) is 59.9 Å². The third kappa shape index (κ3) is 4.72. The van der Waals surface area contributed by atoms with Gasteiger partial charge >= 0.3 is 0 Å². The Morgan fingerprint density at radius 3 is 2.61 bits per heavy atom. The summed E-state index contributed by atoms with van der Waals surface area (Å²) in [6.07, 6.45) is 7.98. The van der Waals surface area contributed by atoms with Crippen molar-refractivity contribution in [3.63, 3.8) is 0 Å². The second-order valence-corrected chi connectivity index (χ2v) is 8.25. The number of H-pyrrole nitrogens is 1. The number of nitrogens with one attached hydrogen (secondary N) is 3. The lowest BCUT2D eigenvalue weighted by Gasteiger charge is -2.26. The summed E-state index contributed by atoms with van der Waals surface area (Å²) in [5.41, 5.74) is 1.90. The molecular formula is C24H28N6O3. The number of carbonyl (C=O) groups is 3. The summed E-state index contributed by atoms with van der Waals surface area (Å²) >= 11 is 0. The third-order valence-corrected chi connectivity index (χ3v) is 6.07. The highest BCUT2D eigenvalue weighted by Crippen LogP contribution is 2.32. The summed E-state index contributed by atoms with van der Waals surface area (Å²) in [6, 6.07) is 6.96. The first-order valence-corrected chi connectivity index (χ1v) is 11.3. The molecule has 3 aromatic rings. The number of fused-ring (bicyclic) bond motifs is 1. The van der Waals surface area contributed by atoms with Crippen LogP contribution in [0.3, 0.4) is 0 Å². The Morgan fingerprint density at radius 2 is 1.91 bits per heavy atom. The lowest BCUT2D eigenvalue weighted by molar-refractivity contribution is -0.123. The van der Waals surface area contributed by atoms with E-state index in [1.54, 1.807) is 18.0 Å². The number of benzene rings is 1. The van der Waals surface area contributed by atoms with Crippen LogP contribution in [-0.2, 0) is 4.79 Å². The maximum atomic E-state index is 13.0. The van der Waals surface area contributed by atoms with Crippen molar-refractivity contribution in [2.75, 3.05) is 23.8 Å². The molecule has 1 aromatic carbocycles. The maximum absolute atomic E-state index is 13.0. The van der Waals surface area contributed by atoms with Crippen molar-refractivity contribution in [3.05, 3.63) is 48.0 Å². The summed E-state index contributed by atoms with van der Waals surface area (Å²) in [5, 5.41) is 6.20. The van der Waals surface area contributed by atoms with E-state index in [0.717, 1.165) is 31.4 Å². The van der Waals surface area contributed by atoms with E-state index in [1.807, 2.05) is 19.1 Å². The fourth-order valence-corrected chi connectivity index (χ4v) is 4.33. The summed E-state index contributed by atoms with van der Waals surface area (Å²) < 4.78 is 0. The minimum absolute atomic E-state index is 0.0525. The fourth-order valence-electron chi connectivity index (χ4n) is 4.33. The molecule has 2 aromatic heterocycles. The Kier molecular flexibility index (Phi) is 6.67. The van der Waals surface area contributed by atoms with Crippen molar-refractivity contribution in [1.29, 1.82) is 0 Å². The number of aromatic amines is 1. The average molecular weight is 449 g/mol. The second kappa shape index (κ2) is 9.81. The highest BCUT2D eigenvalue weighted by Gasteiger charge is 2.26. The molecule has 0 atom stereocenters. The van der Waals surface area contributed by atoms with Gasteiger partial charge < -0.3 is 20.5 Å². The predicted molar refractivity (Wildman–Crippen MR) is 126 cm³/mol. The van der Waals surface area contributed by atoms with Gasteiger partial charge in [0.05, 0.1) is 5.56 Å². The van der Waals surface area contributed by atoms with Crippen LogP contribution in [0.4, 0.5) is 11.5 Å². The van der Waals surface area contributed by atoms with Crippen molar-refractivity contribution in [2.24, 2.45) is 5.92 Å². The molecule has 4 rings (SSSR count). The van der Waals surface area contributed by atoms with Crippen LogP contribution in [0, 0.1) is 5.92 Å². The van der Waals surface area contributed by atoms with Gasteiger partial charge in [0.1, 0.15) is 17.8 Å². The zero-order chi connectivity index (χ0) is 23.4. The molecule has 1 aliphatic rings. The van der Waals surface area contributed by atoms with Gasteiger partial charge in [0.15, 0.2) is 0 Å². The van der Waals surface area contributed by atoms with Crippen molar-refractivity contribution >= 4 is 40.1 Å². The first-order valence-electron chi connectivity index (χ1n) is 11.3. The molecule has 3 amide bonds. The van der Waals surface area contributed by atoms with Gasteiger partial charge in [0.25, 0.3) is 11.8 Å². The molecule has 9 heteroatoms. The van der Waals surface area contributed by atoms with E-state index in [2.05, 4.69) is 25.6 Å². The first kappa shape index (κ1) is 22.4. The maximum Gasteiger partial charge on any atom is 0.275 e. The van der Waals surface area contributed by atoms with E-state index < -0.39 is 5.91 Å². The number of rotatable bonds is 6. The molecule has 0 spiro atoms. The summed E-state index contributed by atoms with van der Waals surface area (Å²) in [5.74, 6) is -0.322. The minimum atomic E-state index is -0.459. The number of amides is 3. The Bertz CT molecular complexity index is 1170. The second-order valence-electron chi connectivity index (χ2n) is 8.25. The highest BCUT2D eigenvalue weighted by atomic mass is 16.2. The lowest BCUT2D eigenvalue weighted by atomic mass is 9.88. The van der Waals surface area contributed by atoms with E-state index >= 15 is 0 Å². The van der Waals surface area contributed by atoms with Gasteiger partial charge in [0.2, 0.25) is 5.91 Å². The molecule has 1 saturated carbocycles. The molecule has 172 valence electrons. The van der Waals surface area contributed by atoms with Crippen LogP contribution in [0.5, 0.6) is 0 Å². The highest BCUT2D eigenvalue weighted by molar-refractivity contribution is 6.15. The Labute approximate surface area is 192 Å². The van der Waals surface area contributed by atoms with Crippen LogP contribution in [0.25, 0.3) is 10.9 Å². The lowest BCUT2D eigenvalue weighted by Crippen LogP contribution is -2.33. The fraction of sp³-hybridized carbons (Fsp3) is 0.375. The monoisotopic (exact) mass is 448 g/mol. The van der Waals surface area contributed by atoms with Crippen LogP contribution in [0.15, 0.2) is 36.8 Å². The molecule has 0 unspecified atom stereocenters. The number of aromatic nitrogens is 3. The van der Waals surface area contributed by atoms with Crippen molar-refractivity contribution in [3.8, 4) is 0 Å². The molecule has 0 bridgehead atoms. The molecular weight excluding hydrogens is 420 g/mol. The van der Waals surface area contributed by atoms with Crippen molar-refractivity contribution < 1.29 is 14.4 Å². The van der Waals surface area contributed by atoms with Crippen LogP contribution < -0.4 is 15.5 Å². The van der Waals surface area contributed by atoms with Gasteiger partial charge in [0, 0.05) is 42.3 Å². The Hall–Kier alpha value is -3.75. The van der Waals surface area contributed by atoms with Crippen LogP contribution in [-0.4, -0.2) is 46.3 Å². The number of nitrogens with zero attached hydrogens (tertiary/aromatic N) is 3. The zero-order valence-corrected chi connectivity index (χ0v) is 18.9. The zero-order valence-electron chi connectivity index (χ0n) is 18.9. The number of anilines is 2. The molecule has 0 saturated heterocycles. The van der Waals surface area contributed by atoms with Crippen LogP contribution in [0.2, 0.25) is 0 Å². The van der Waals surface area contributed by atoms with E-state index in [4.69, 9.17) is 0 Å². The van der Waals surface area contributed by atoms with Gasteiger partial charge in [-0.3, -0.25) is 14.4 Å². The quantitative estimate of drug-likeness (QED) is 0.533. The predicted octanol–water partition coefficient (Wildman–Crippen LogP) is 3.50. The van der Waals surface area contributed by atoms with E-state index in [1.165, 1.54) is 25.0 Å². The third-order valence-electron chi connectivity index (χ3n) is 6.07.